The number of nitrogens with zero attached hydrogens (tertiary/aromatic N) is 2. The molecule has 0 saturated carbocycles. The molecule has 0 spiro atoms. The number of ether oxygens (including phenoxy) is 1. The van der Waals surface area contributed by atoms with Crippen LogP contribution in [0.15, 0.2) is 40.8 Å². The molecule has 3 rings (SSSR count). The summed E-state index contributed by atoms with van der Waals surface area (Å²) in [5, 5.41) is 13.8. The van der Waals surface area contributed by atoms with Crippen LogP contribution in [0.4, 0.5) is 5.69 Å². The summed E-state index contributed by atoms with van der Waals surface area (Å²) in [7, 11) is 1.56. The highest BCUT2D eigenvalue weighted by Crippen LogP contribution is 2.25. The maximum absolute atomic E-state index is 12.5. The summed E-state index contributed by atoms with van der Waals surface area (Å²) < 4.78 is 12.4. The SMILES string of the molecule is COCCNC(=O)c1cc2oc(C)cc2n1Cc1cccc([N+](=O)[O-])c1. The number of fused-ring (bicyclic) bond motifs is 1. The van der Waals surface area contributed by atoms with Gasteiger partial charge in [-0.1, -0.05) is 12.1 Å². The van der Waals surface area contributed by atoms with Gasteiger partial charge in [0.25, 0.3) is 11.6 Å². The van der Waals surface area contributed by atoms with Gasteiger partial charge in [0.1, 0.15) is 11.5 Å². The van der Waals surface area contributed by atoms with E-state index in [-0.39, 0.29) is 11.6 Å². The Hall–Kier alpha value is -3.13. The predicted octanol–water partition coefficient (Wildman–Crippen LogP) is 2.88. The van der Waals surface area contributed by atoms with E-state index < -0.39 is 4.92 Å². The fraction of sp³-hybridized carbons (Fsp3) is 0.278. The first-order valence-corrected chi connectivity index (χ1v) is 8.09. The van der Waals surface area contributed by atoms with Gasteiger partial charge >= 0.3 is 0 Å². The van der Waals surface area contributed by atoms with Crippen LogP contribution in [0.2, 0.25) is 0 Å². The van der Waals surface area contributed by atoms with Crippen molar-refractivity contribution in [2.75, 3.05) is 20.3 Å². The van der Waals surface area contributed by atoms with Gasteiger partial charge in [0.2, 0.25) is 0 Å². The topological polar surface area (TPSA) is 99.5 Å². The first-order valence-electron chi connectivity index (χ1n) is 8.09. The Kier molecular flexibility index (Phi) is 5.04. The third kappa shape index (κ3) is 3.60. The number of nitro groups is 1. The van der Waals surface area contributed by atoms with E-state index in [1.54, 1.807) is 29.9 Å². The Morgan fingerprint density at radius 1 is 1.35 bits per heavy atom. The summed E-state index contributed by atoms with van der Waals surface area (Å²) >= 11 is 0. The molecule has 0 saturated heterocycles. The van der Waals surface area contributed by atoms with Crippen molar-refractivity contribution in [3.05, 3.63) is 63.5 Å². The van der Waals surface area contributed by atoms with Crippen LogP contribution in [-0.2, 0) is 11.3 Å². The van der Waals surface area contributed by atoms with Gasteiger partial charge < -0.3 is 19.0 Å². The molecular weight excluding hydrogens is 338 g/mol. The lowest BCUT2D eigenvalue weighted by atomic mass is 10.2. The number of furan rings is 1. The van der Waals surface area contributed by atoms with Crippen LogP contribution >= 0.6 is 0 Å². The average molecular weight is 357 g/mol. The highest BCUT2D eigenvalue weighted by Gasteiger charge is 2.19. The Morgan fingerprint density at radius 3 is 2.88 bits per heavy atom. The molecule has 0 aliphatic carbocycles. The number of nitrogens with one attached hydrogen (secondary N) is 1. The van der Waals surface area contributed by atoms with E-state index in [4.69, 9.17) is 9.15 Å². The van der Waals surface area contributed by atoms with E-state index in [1.165, 1.54) is 12.1 Å². The Morgan fingerprint density at radius 2 is 2.15 bits per heavy atom. The summed E-state index contributed by atoms with van der Waals surface area (Å²) in [4.78, 5) is 23.1. The Balaban J connectivity index is 1.97. The van der Waals surface area contributed by atoms with E-state index in [0.717, 1.165) is 16.8 Å². The monoisotopic (exact) mass is 357 g/mol. The molecule has 0 atom stereocenters. The average Bonchev–Trinajstić information content (AvgIpc) is 3.12. The van der Waals surface area contributed by atoms with Gasteiger partial charge in [0, 0.05) is 44.5 Å². The van der Waals surface area contributed by atoms with E-state index in [2.05, 4.69) is 5.32 Å². The van der Waals surface area contributed by atoms with Crippen LogP contribution in [-0.4, -0.2) is 35.7 Å². The minimum atomic E-state index is -0.435. The van der Waals surface area contributed by atoms with Crippen molar-refractivity contribution in [3.63, 3.8) is 0 Å². The van der Waals surface area contributed by atoms with Crippen LogP contribution in [0.25, 0.3) is 11.1 Å². The quantitative estimate of drug-likeness (QED) is 0.398. The second kappa shape index (κ2) is 7.40. The molecule has 0 aliphatic heterocycles. The van der Waals surface area contributed by atoms with Gasteiger partial charge in [-0.3, -0.25) is 14.9 Å². The van der Waals surface area contributed by atoms with Crippen LogP contribution in [0, 0.1) is 17.0 Å². The van der Waals surface area contributed by atoms with Gasteiger partial charge in [0.05, 0.1) is 17.0 Å². The summed E-state index contributed by atoms with van der Waals surface area (Å²) in [6.45, 7) is 2.94. The second-order valence-corrected chi connectivity index (χ2v) is 5.90. The molecule has 0 aliphatic rings. The lowest BCUT2D eigenvalue weighted by Gasteiger charge is -2.10. The number of hydrogen-bond acceptors (Lipinski definition) is 5. The first-order chi connectivity index (χ1) is 12.5. The Labute approximate surface area is 149 Å². The third-order valence-corrected chi connectivity index (χ3v) is 4.00. The summed E-state index contributed by atoms with van der Waals surface area (Å²) in [6.07, 6.45) is 0. The smallest absolute Gasteiger partial charge is 0.269 e. The van der Waals surface area contributed by atoms with Crippen molar-refractivity contribution in [1.29, 1.82) is 0 Å². The molecule has 136 valence electrons. The molecule has 1 N–H and O–H groups in total. The predicted molar refractivity (Wildman–Crippen MR) is 95.3 cm³/mol. The number of nitro benzene ring substituents is 1. The molecule has 3 aromatic rings. The number of carbonyl (C=O) groups excluding carboxylic acids is 1. The molecule has 2 aromatic heterocycles. The molecule has 1 aromatic carbocycles. The number of aryl methyl sites for hydroxylation is 1. The van der Waals surface area contributed by atoms with Crippen molar-refractivity contribution < 1.29 is 18.9 Å². The van der Waals surface area contributed by atoms with Gasteiger partial charge in [-0.15, -0.1) is 0 Å². The molecule has 8 heteroatoms. The van der Waals surface area contributed by atoms with Crippen molar-refractivity contribution >= 4 is 22.7 Å². The number of aromatic nitrogens is 1. The zero-order chi connectivity index (χ0) is 18.7. The largest absolute Gasteiger partial charge is 0.460 e. The molecular formula is C18H19N3O5. The fourth-order valence-corrected chi connectivity index (χ4v) is 2.83. The number of benzene rings is 1. The zero-order valence-corrected chi connectivity index (χ0v) is 14.5. The first kappa shape index (κ1) is 17.7. The fourth-order valence-electron chi connectivity index (χ4n) is 2.83. The minimum Gasteiger partial charge on any atom is -0.460 e. The number of non-ortho nitro benzene ring substituents is 1. The molecule has 1 amide bonds. The molecule has 8 nitrogen and oxygen atoms in total. The molecule has 0 radical (unpaired) electrons. The molecule has 2 heterocycles. The standard InChI is InChI=1S/C18H19N3O5/c1-12-8-15-17(26-12)10-16(18(22)19-6-7-25-2)20(15)11-13-4-3-5-14(9-13)21(23)24/h3-5,8-10H,6-7,11H2,1-2H3,(H,19,22). The number of rotatable bonds is 7. The lowest BCUT2D eigenvalue weighted by molar-refractivity contribution is -0.384. The van der Waals surface area contributed by atoms with Crippen molar-refractivity contribution in [2.24, 2.45) is 0 Å². The van der Waals surface area contributed by atoms with Gasteiger partial charge in [0.15, 0.2) is 5.58 Å². The van der Waals surface area contributed by atoms with E-state index in [0.29, 0.717) is 31.0 Å². The second-order valence-electron chi connectivity index (χ2n) is 5.90. The highest BCUT2D eigenvalue weighted by molar-refractivity contribution is 5.97. The van der Waals surface area contributed by atoms with Crippen LogP contribution in [0.5, 0.6) is 0 Å². The van der Waals surface area contributed by atoms with Gasteiger partial charge in [-0.25, -0.2) is 0 Å². The number of carbonyl (C=O) groups is 1. The van der Waals surface area contributed by atoms with Gasteiger partial charge in [-0.2, -0.15) is 0 Å². The van der Waals surface area contributed by atoms with E-state index in [1.807, 2.05) is 13.0 Å². The zero-order valence-electron chi connectivity index (χ0n) is 14.5. The maximum atomic E-state index is 12.5. The molecule has 26 heavy (non-hydrogen) atoms. The maximum Gasteiger partial charge on any atom is 0.269 e. The normalized spacial score (nSPS) is 11.0. The lowest BCUT2D eigenvalue weighted by Crippen LogP contribution is -2.29. The van der Waals surface area contributed by atoms with E-state index >= 15 is 0 Å². The summed E-state index contributed by atoms with van der Waals surface area (Å²) in [5.41, 5.74) is 2.54. The molecule has 0 unspecified atom stereocenters. The number of methoxy groups -OCH3 is 1. The van der Waals surface area contributed by atoms with Crippen LogP contribution < -0.4 is 5.32 Å². The van der Waals surface area contributed by atoms with Crippen molar-refractivity contribution in [2.45, 2.75) is 13.5 Å². The van der Waals surface area contributed by atoms with Crippen molar-refractivity contribution in [3.8, 4) is 0 Å². The molecule has 0 bridgehead atoms. The molecule has 0 fully saturated rings. The summed E-state index contributed by atoms with van der Waals surface area (Å²) in [5.74, 6) is 0.477. The number of amides is 1. The number of hydrogen-bond donors (Lipinski definition) is 1. The van der Waals surface area contributed by atoms with E-state index in [9.17, 15) is 14.9 Å². The van der Waals surface area contributed by atoms with Crippen molar-refractivity contribution in [1.82, 2.24) is 9.88 Å². The minimum absolute atomic E-state index is 0.0142. The third-order valence-electron chi connectivity index (χ3n) is 4.00. The van der Waals surface area contributed by atoms with Crippen LogP contribution in [0.3, 0.4) is 0 Å². The van der Waals surface area contributed by atoms with Gasteiger partial charge in [-0.05, 0) is 12.5 Å². The van der Waals surface area contributed by atoms with Crippen LogP contribution in [0.1, 0.15) is 21.8 Å². The highest BCUT2D eigenvalue weighted by atomic mass is 16.6. The Bertz CT molecular complexity index is 957. The summed E-state index contributed by atoms with van der Waals surface area (Å²) in [6, 6.07) is 9.90.